The molecule has 2 heterocycles. The van der Waals surface area contributed by atoms with Crippen LogP contribution >= 0.6 is 0 Å². The van der Waals surface area contributed by atoms with Gasteiger partial charge >= 0.3 is 0 Å². The highest BCUT2D eigenvalue weighted by Gasteiger charge is 2.21. The van der Waals surface area contributed by atoms with Crippen LogP contribution in [0.5, 0.6) is 0 Å². The van der Waals surface area contributed by atoms with Crippen molar-refractivity contribution in [1.82, 2.24) is 15.0 Å². The fourth-order valence-electron chi connectivity index (χ4n) is 9.60. The minimum atomic E-state index is 0.594. The van der Waals surface area contributed by atoms with Crippen molar-refractivity contribution in [2.45, 2.75) is 0 Å². The van der Waals surface area contributed by atoms with Gasteiger partial charge in [-0.15, -0.1) is 0 Å². The zero-order chi connectivity index (χ0) is 38.6. The summed E-state index contributed by atoms with van der Waals surface area (Å²) < 4.78 is 6.36. The average Bonchev–Trinajstić information content (AvgIpc) is 3.69. The van der Waals surface area contributed by atoms with E-state index in [9.17, 15) is 0 Å². The van der Waals surface area contributed by atoms with Crippen LogP contribution in [0.4, 0.5) is 0 Å². The van der Waals surface area contributed by atoms with Crippen LogP contribution < -0.4 is 0 Å². The molecule has 0 aliphatic heterocycles. The Kier molecular flexibility index (Phi) is 6.69. The maximum atomic E-state index is 6.36. The van der Waals surface area contributed by atoms with Crippen molar-refractivity contribution in [3.8, 4) is 45.3 Å². The topological polar surface area (TPSA) is 51.8 Å². The standard InChI is InChI=1S/C55H31N3O/c1-2-11-32(12-3-1)36-16-6-17-38(29-36)53-56-54(58-55(57-53)44-22-10-24-47-52(44)43-18-4-5-23-46(43)59-47)39-30-37-28-27-35-14-8-20-41-40-19-7-13-33-25-26-34-15-9-21-42(50(34)48(33)40)45(31-39)51(37)49(35)41/h1-31H. The van der Waals surface area contributed by atoms with Gasteiger partial charge in [-0.1, -0.05) is 158 Å². The lowest BCUT2D eigenvalue weighted by Gasteiger charge is -2.17. The van der Waals surface area contributed by atoms with Crippen molar-refractivity contribution < 1.29 is 4.42 Å². The van der Waals surface area contributed by atoms with Crippen molar-refractivity contribution in [3.05, 3.63) is 188 Å². The molecule has 13 rings (SSSR count). The zero-order valence-corrected chi connectivity index (χ0v) is 31.6. The molecule has 0 N–H and O–H groups in total. The summed E-state index contributed by atoms with van der Waals surface area (Å²) in [6.45, 7) is 0. The maximum Gasteiger partial charge on any atom is 0.164 e. The van der Waals surface area contributed by atoms with E-state index in [0.717, 1.165) is 55.1 Å². The highest BCUT2D eigenvalue weighted by atomic mass is 16.3. The Morgan fingerprint density at radius 1 is 0.271 bits per heavy atom. The third-order valence-corrected chi connectivity index (χ3v) is 12.2. The molecule has 0 saturated carbocycles. The Morgan fingerprint density at radius 3 is 1.51 bits per heavy atom. The summed E-state index contributed by atoms with van der Waals surface area (Å²) in [5.74, 6) is 1.81. The van der Waals surface area contributed by atoms with Crippen LogP contribution in [0.3, 0.4) is 0 Å². The van der Waals surface area contributed by atoms with Crippen molar-refractivity contribution >= 4 is 86.6 Å². The number of nitrogens with zero attached hydrogens (tertiary/aromatic N) is 3. The molecule has 0 aliphatic carbocycles. The van der Waals surface area contributed by atoms with E-state index in [1.807, 2.05) is 36.4 Å². The Labute approximate surface area is 338 Å². The molecule has 0 atom stereocenters. The van der Waals surface area contributed by atoms with Crippen molar-refractivity contribution in [2.75, 3.05) is 0 Å². The highest BCUT2D eigenvalue weighted by Crippen LogP contribution is 2.45. The number of hydrogen-bond donors (Lipinski definition) is 0. The summed E-state index contributed by atoms with van der Waals surface area (Å²) >= 11 is 0. The van der Waals surface area contributed by atoms with E-state index < -0.39 is 0 Å². The van der Waals surface area contributed by atoms with E-state index in [1.54, 1.807) is 0 Å². The molecule has 0 amide bonds. The molecule has 0 radical (unpaired) electrons. The molecule has 0 saturated heterocycles. The number of benzene rings is 10. The van der Waals surface area contributed by atoms with Gasteiger partial charge in [-0.25, -0.2) is 15.0 Å². The zero-order valence-electron chi connectivity index (χ0n) is 31.6. The molecule has 2 aromatic heterocycles. The summed E-state index contributed by atoms with van der Waals surface area (Å²) in [6, 6.07) is 67.0. The number of fused-ring (bicyclic) bond motifs is 5. The Balaban J connectivity index is 1.15. The normalized spacial score (nSPS) is 12.1. The number of aromatic nitrogens is 3. The second kappa shape index (κ2) is 12.3. The lowest BCUT2D eigenvalue weighted by atomic mass is 9.87. The van der Waals surface area contributed by atoms with E-state index in [4.69, 9.17) is 19.4 Å². The Hall–Kier alpha value is -7.95. The second-order valence-corrected chi connectivity index (χ2v) is 15.5. The van der Waals surface area contributed by atoms with Crippen molar-refractivity contribution in [3.63, 3.8) is 0 Å². The summed E-state index contributed by atoms with van der Waals surface area (Å²) in [4.78, 5) is 16.0. The first-order valence-corrected chi connectivity index (χ1v) is 20.0. The van der Waals surface area contributed by atoms with Crippen molar-refractivity contribution in [1.29, 1.82) is 0 Å². The predicted octanol–water partition coefficient (Wildman–Crippen LogP) is 14.8. The highest BCUT2D eigenvalue weighted by molar-refractivity contribution is 6.37. The van der Waals surface area contributed by atoms with E-state index in [-0.39, 0.29) is 0 Å². The quantitative estimate of drug-likeness (QED) is 0.168. The van der Waals surface area contributed by atoms with Gasteiger partial charge in [-0.05, 0) is 106 Å². The van der Waals surface area contributed by atoms with Gasteiger partial charge in [-0.2, -0.15) is 0 Å². The van der Waals surface area contributed by atoms with Crippen LogP contribution in [0.15, 0.2) is 192 Å². The lowest BCUT2D eigenvalue weighted by Crippen LogP contribution is -2.01. The molecule has 4 heteroatoms. The fraction of sp³-hybridized carbons (Fsp3) is 0. The molecule has 4 nitrogen and oxygen atoms in total. The molecule has 0 spiro atoms. The van der Waals surface area contributed by atoms with Crippen LogP contribution in [0.25, 0.3) is 132 Å². The van der Waals surface area contributed by atoms with Crippen LogP contribution in [0.2, 0.25) is 0 Å². The average molecular weight is 750 g/mol. The van der Waals surface area contributed by atoms with Crippen LogP contribution in [0.1, 0.15) is 0 Å². The molecule has 59 heavy (non-hydrogen) atoms. The smallest absolute Gasteiger partial charge is 0.164 e. The molecule has 272 valence electrons. The van der Waals surface area contributed by atoms with Crippen LogP contribution in [-0.4, -0.2) is 15.0 Å². The molecule has 0 unspecified atom stereocenters. The first kappa shape index (κ1) is 32.2. The largest absolute Gasteiger partial charge is 0.456 e. The van der Waals surface area contributed by atoms with Gasteiger partial charge in [-0.3, -0.25) is 0 Å². The third kappa shape index (κ3) is 4.81. The Morgan fingerprint density at radius 2 is 0.780 bits per heavy atom. The molecule has 0 aliphatic rings. The van der Waals surface area contributed by atoms with Crippen molar-refractivity contribution in [2.24, 2.45) is 0 Å². The number of furan rings is 1. The molecule has 0 bridgehead atoms. The summed E-state index contributed by atoms with van der Waals surface area (Å²) in [5.41, 5.74) is 6.61. The van der Waals surface area contributed by atoms with E-state index in [2.05, 4.69) is 152 Å². The second-order valence-electron chi connectivity index (χ2n) is 15.5. The molecule has 0 fully saturated rings. The van der Waals surface area contributed by atoms with E-state index in [1.165, 1.54) is 59.2 Å². The maximum absolute atomic E-state index is 6.36. The van der Waals surface area contributed by atoms with Crippen LogP contribution in [-0.2, 0) is 0 Å². The monoisotopic (exact) mass is 749 g/mol. The molecular weight excluding hydrogens is 719 g/mol. The van der Waals surface area contributed by atoms with Gasteiger partial charge in [0.15, 0.2) is 17.5 Å². The van der Waals surface area contributed by atoms with E-state index in [0.29, 0.717) is 17.5 Å². The van der Waals surface area contributed by atoms with E-state index >= 15 is 0 Å². The fourth-order valence-corrected chi connectivity index (χ4v) is 9.60. The number of hydrogen-bond acceptors (Lipinski definition) is 4. The first-order chi connectivity index (χ1) is 29.2. The number of rotatable bonds is 4. The predicted molar refractivity (Wildman–Crippen MR) is 245 cm³/mol. The molecule has 13 aromatic rings. The van der Waals surface area contributed by atoms with Crippen LogP contribution in [0, 0.1) is 0 Å². The lowest BCUT2D eigenvalue weighted by molar-refractivity contribution is 0.669. The van der Waals surface area contributed by atoms with Gasteiger partial charge in [0.05, 0.1) is 0 Å². The van der Waals surface area contributed by atoms with Gasteiger partial charge in [0.1, 0.15) is 11.2 Å². The Bertz CT molecular complexity index is 3840. The van der Waals surface area contributed by atoms with Gasteiger partial charge in [0.25, 0.3) is 0 Å². The van der Waals surface area contributed by atoms with Gasteiger partial charge in [0.2, 0.25) is 0 Å². The minimum absolute atomic E-state index is 0.594. The molecular formula is C55H31N3O. The first-order valence-electron chi connectivity index (χ1n) is 20.0. The summed E-state index contributed by atoms with van der Waals surface area (Å²) in [5, 5.41) is 16.8. The van der Waals surface area contributed by atoms with Gasteiger partial charge in [0, 0.05) is 27.5 Å². The minimum Gasteiger partial charge on any atom is -0.456 e. The van der Waals surface area contributed by atoms with Gasteiger partial charge < -0.3 is 4.42 Å². The molecule has 11 aromatic carbocycles. The summed E-state index contributed by atoms with van der Waals surface area (Å²) in [6.07, 6.45) is 0. The summed E-state index contributed by atoms with van der Waals surface area (Å²) in [7, 11) is 0. The third-order valence-electron chi connectivity index (χ3n) is 12.2. The number of para-hydroxylation sites is 1. The SMILES string of the molecule is c1ccc(-c2cccc(-c3nc(-c4cc5ccc6cccc7c8cccc9ccc%10cccc(c(c4)c5c67)c%10c98)nc(-c4cccc5oc6ccccc6c45)n3)c2)cc1.